The molecule has 0 fully saturated rings. The molecule has 3 aromatic heterocycles. The van der Waals surface area contributed by atoms with Crippen molar-refractivity contribution in [2.24, 2.45) is 0 Å². The summed E-state index contributed by atoms with van der Waals surface area (Å²) in [4.78, 5) is 46.0. The van der Waals surface area contributed by atoms with E-state index < -0.39 is 17.4 Å². The number of methoxy groups -OCH3 is 1. The van der Waals surface area contributed by atoms with Crippen molar-refractivity contribution < 1.29 is 19.1 Å². The van der Waals surface area contributed by atoms with Gasteiger partial charge in [-0.15, -0.1) is 0 Å². The minimum Gasteiger partial charge on any atom is -0.507 e. The molecule has 0 bridgehead atoms. The Labute approximate surface area is 188 Å². The van der Waals surface area contributed by atoms with E-state index in [2.05, 4.69) is 9.97 Å². The normalized spacial score (nSPS) is 12.1. The number of nitrogens with zero attached hydrogens (tertiary/aromatic N) is 2. The van der Waals surface area contributed by atoms with Gasteiger partial charge < -0.3 is 23.8 Å². The highest BCUT2D eigenvalue weighted by Crippen LogP contribution is 2.32. The Morgan fingerprint density at radius 2 is 2.09 bits per heavy atom. The second-order valence-corrected chi connectivity index (χ2v) is 7.72. The zero-order chi connectivity index (χ0) is 23.5. The van der Waals surface area contributed by atoms with Crippen LogP contribution in [0.15, 0.2) is 63.1 Å². The molecular formula is C24H23N3O6. The van der Waals surface area contributed by atoms with Crippen LogP contribution in [0.2, 0.25) is 0 Å². The number of H-pyrrole nitrogens is 1. The smallest absolute Gasteiger partial charge is 0.306 e. The van der Waals surface area contributed by atoms with E-state index in [1.54, 1.807) is 43.7 Å². The monoisotopic (exact) mass is 449 g/mol. The van der Waals surface area contributed by atoms with Crippen LogP contribution in [0, 0.1) is 6.92 Å². The first-order valence-corrected chi connectivity index (χ1v) is 10.4. The number of aryl methyl sites for hydroxylation is 2. The number of hydrogen-bond acceptors (Lipinski definition) is 7. The Kier molecular flexibility index (Phi) is 6.12. The molecule has 0 amide bonds. The molecule has 0 radical (unpaired) electrons. The standard InChI is InChI=1S/C24H23N3O6/c1-14-9-19(28)22(24(31)27(14)8-7-15-11-25-13-26-15)17(10-21(29)32-2)18-12-33-20-6-4-3-5-16(20)23(18)30/h3-6,9,11-13,17,28H,7-8,10H2,1-2H3,(H,25,26)/t17-/m1/s1. The zero-order valence-corrected chi connectivity index (χ0v) is 18.2. The lowest BCUT2D eigenvalue weighted by atomic mass is 9.88. The molecule has 9 nitrogen and oxygen atoms in total. The van der Waals surface area contributed by atoms with Crippen molar-refractivity contribution in [1.82, 2.24) is 14.5 Å². The summed E-state index contributed by atoms with van der Waals surface area (Å²) in [5.74, 6) is -1.97. The van der Waals surface area contributed by atoms with Crippen molar-refractivity contribution in [2.75, 3.05) is 7.11 Å². The highest BCUT2D eigenvalue weighted by atomic mass is 16.5. The fourth-order valence-corrected chi connectivity index (χ4v) is 3.98. The largest absolute Gasteiger partial charge is 0.507 e. The van der Waals surface area contributed by atoms with E-state index in [4.69, 9.17) is 9.15 Å². The number of esters is 1. The fourth-order valence-electron chi connectivity index (χ4n) is 3.98. The van der Waals surface area contributed by atoms with Crippen LogP contribution >= 0.6 is 0 Å². The van der Waals surface area contributed by atoms with E-state index in [0.717, 1.165) is 5.69 Å². The number of fused-ring (bicyclic) bond motifs is 1. The van der Waals surface area contributed by atoms with Crippen LogP contribution in [0.25, 0.3) is 11.0 Å². The van der Waals surface area contributed by atoms with Gasteiger partial charge >= 0.3 is 5.97 Å². The first kappa shape index (κ1) is 22.1. The van der Waals surface area contributed by atoms with E-state index in [0.29, 0.717) is 29.6 Å². The molecule has 4 rings (SSSR count). The molecule has 0 unspecified atom stereocenters. The molecule has 0 aliphatic heterocycles. The molecule has 1 aromatic carbocycles. The van der Waals surface area contributed by atoms with Gasteiger partial charge in [-0.05, 0) is 25.1 Å². The summed E-state index contributed by atoms with van der Waals surface area (Å²) in [5.41, 5.74) is 0.935. The van der Waals surface area contributed by atoms with Crippen molar-refractivity contribution in [2.45, 2.75) is 32.2 Å². The van der Waals surface area contributed by atoms with Crippen molar-refractivity contribution in [3.8, 4) is 5.75 Å². The number of imidazole rings is 1. The third kappa shape index (κ3) is 4.30. The minimum absolute atomic E-state index is 0.0572. The molecule has 2 N–H and O–H groups in total. The zero-order valence-electron chi connectivity index (χ0n) is 18.2. The average molecular weight is 449 g/mol. The Morgan fingerprint density at radius 1 is 1.30 bits per heavy atom. The molecule has 4 aromatic rings. The van der Waals surface area contributed by atoms with Gasteiger partial charge in [0.15, 0.2) is 5.43 Å². The maximum atomic E-state index is 13.5. The van der Waals surface area contributed by atoms with Gasteiger partial charge in [0.25, 0.3) is 5.56 Å². The van der Waals surface area contributed by atoms with Crippen molar-refractivity contribution in [3.05, 3.63) is 92.2 Å². The Morgan fingerprint density at radius 3 is 2.82 bits per heavy atom. The number of pyridine rings is 1. The van der Waals surface area contributed by atoms with Gasteiger partial charge in [0.2, 0.25) is 0 Å². The third-order valence-corrected chi connectivity index (χ3v) is 5.71. The van der Waals surface area contributed by atoms with Crippen LogP contribution in [-0.2, 0) is 22.5 Å². The number of aromatic amines is 1. The second kappa shape index (κ2) is 9.15. The number of para-hydroxylation sites is 1. The third-order valence-electron chi connectivity index (χ3n) is 5.71. The topological polar surface area (TPSA) is 127 Å². The molecule has 9 heteroatoms. The lowest BCUT2D eigenvalue weighted by Gasteiger charge is -2.20. The number of carbonyl (C=O) groups excluding carboxylic acids is 1. The maximum Gasteiger partial charge on any atom is 0.306 e. The summed E-state index contributed by atoms with van der Waals surface area (Å²) in [5, 5.41) is 11.1. The lowest BCUT2D eigenvalue weighted by Crippen LogP contribution is -2.30. The molecule has 0 spiro atoms. The summed E-state index contributed by atoms with van der Waals surface area (Å²) in [7, 11) is 1.22. The van der Waals surface area contributed by atoms with Crippen LogP contribution in [0.3, 0.4) is 0 Å². The van der Waals surface area contributed by atoms with Gasteiger partial charge in [0.05, 0.1) is 37.1 Å². The number of carbonyl (C=O) groups is 1. The quantitative estimate of drug-likeness (QED) is 0.415. The van der Waals surface area contributed by atoms with Gasteiger partial charge in [-0.25, -0.2) is 4.98 Å². The van der Waals surface area contributed by atoms with E-state index in [1.165, 1.54) is 24.0 Å². The number of benzene rings is 1. The molecule has 3 heterocycles. The van der Waals surface area contributed by atoms with Gasteiger partial charge in [0.1, 0.15) is 11.3 Å². The number of rotatable bonds is 7. The van der Waals surface area contributed by atoms with Gasteiger partial charge in [-0.1, -0.05) is 12.1 Å². The molecule has 0 aliphatic rings. The predicted molar refractivity (Wildman–Crippen MR) is 120 cm³/mol. The summed E-state index contributed by atoms with van der Waals surface area (Å²) in [6, 6.07) is 8.15. The van der Waals surface area contributed by atoms with E-state index in [-0.39, 0.29) is 28.7 Å². The highest BCUT2D eigenvalue weighted by Gasteiger charge is 2.29. The van der Waals surface area contributed by atoms with Crippen molar-refractivity contribution in [1.29, 1.82) is 0 Å². The van der Waals surface area contributed by atoms with Crippen molar-refractivity contribution >= 4 is 16.9 Å². The lowest BCUT2D eigenvalue weighted by molar-refractivity contribution is -0.140. The van der Waals surface area contributed by atoms with E-state index >= 15 is 0 Å². The Bertz CT molecular complexity index is 1420. The predicted octanol–water partition coefficient (Wildman–Crippen LogP) is 2.63. The molecule has 0 aliphatic carbocycles. The summed E-state index contributed by atoms with van der Waals surface area (Å²) < 4.78 is 11.9. The Balaban J connectivity index is 1.87. The van der Waals surface area contributed by atoms with Crippen LogP contribution in [-0.4, -0.2) is 32.7 Å². The van der Waals surface area contributed by atoms with Crippen LogP contribution < -0.4 is 11.0 Å². The number of aromatic hydroxyl groups is 1. The Hall–Kier alpha value is -4.14. The summed E-state index contributed by atoms with van der Waals surface area (Å²) in [6.07, 6.45) is 4.66. The molecule has 33 heavy (non-hydrogen) atoms. The van der Waals surface area contributed by atoms with Gasteiger partial charge in [-0.3, -0.25) is 14.4 Å². The maximum absolute atomic E-state index is 13.5. The molecule has 170 valence electrons. The fraction of sp³-hybridized carbons (Fsp3) is 0.250. The SMILES string of the molecule is COC(=O)C[C@H](c1coc2ccccc2c1=O)c1c(O)cc(C)n(CCc2cnc[nH]2)c1=O. The van der Waals surface area contributed by atoms with Gasteiger partial charge in [-0.2, -0.15) is 0 Å². The number of hydrogen-bond donors (Lipinski definition) is 2. The summed E-state index contributed by atoms with van der Waals surface area (Å²) in [6.45, 7) is 2.02. The number of ether oxygens (including phenoxy) is 1. The highest BCUT2D eigenvalue weighted by molar-refractivity contribution is 5.77. The first-order valence-electron chi connectivity index (χ1n) is 10.4. The van der Waals surface area contributed by atoms with Crippen LogP contribution in [0.1, 0.15) is 34.9 Å². The average Bonchev–Trinajstić information content (AvgIpc) is 3.32. The minimum atomic E-state index is -1.05. The number of nitrogens with one attached hydrogen (secondary N) is 1. The van der Waals surface area contributed by atoms with Crippen LogP contribution in [0.4, 0.5) is 0 Å². The number of aromatic nitrogens is 3. The molecule has 0 saturated heterocycles. The van der Waals surface area contributed by atoms with Crippen LogP contribution in [0.5, 0.6) is 5.75 Å². The molecular weight excluding hydrogens is 426 g/mol. The summed E-state index contributed by atoms with van der Waals surface area (Å²) >= 11 is 0. The van der Waals surface area contributed by atoms with Gasteiger partial charge in [0, 0.05) is 42.0 Å². The van der Waals surface area contributed by atoms with E-state index in [1.807, 2.05) is 0 Å². The van der Waals surface area contributed by atoms with E-state index in [9.17, 15) is 19.5 Å². The second-order valence-electron chi connectivity index (χ2n) is 7.72. The molecule has 1 atom stereocenters. The molecule has 0 saturated carbocycles. The first-order chi connectivity index (χ1) is 15.9. The van der Waals surface area contributed by atoms with Crippen molar-refractivity contribution in [3.63, 3.8) is 0 Å².